The van der Waals surface area contributed by atoms with E-state index in [1.807, 2.05) is 12.1 Å². The van der Waals surface area contributed by atoms with Crippen molar-refractivity contribution in [1.29, 1.82) is 0 Å². The Morgan fingerprint density at radius 1 is 1.10 bits per heavy atom. The molecular weight excluding hydrogens is 270 g/mol. The number of methoxy groups -OCH3 is 3. The summed E-state index contributed by atoms with van der Waals surface area (Å²) in [5, 5.41) is 12.6. The highest BCUT2D eigenvalue weighted by Gasteiger charge is 2.41. The quantitative estimate of drug-likeness (QED) is 0.729. The maximum atomic E-state index is 9.10. The standard InChI is InChI=1S/C16H25NO4/c1-19-12-8-14(20-2)13(15(9-12)21-3)10-17-11-16(4-5-16)6-7-18/h8-9,17-18H,4-7,10-11H2,1-3H3. The van der Waals surface area contributed by atoms with Gasteiger partial charge in [0, 0.05) is 31.8 Å². The van der Waals surface area contributed by atoms with E-state index in [0.29, 0.717) is 17.7 Å². The Morgan fingerprint density at radius 3 is 2.14 bits per heavy atom. The third-order valence-corrected chi connectivity index (χ3v) is 4.22. The molecule has 0 amide bonds. The zero-order chi connectivity index (χ0) is 15.3. The monoisotopic (exact) mass is 295 g/mol. The highest BCUT2D eigenvalue weighted by molar-refractivity contribution is 5.50. The molecule has 1 saturated carbocycles. The van der Waals surface area contributed by atoms with Crippen molar-refractivity contribution in [2.45, 2.75) is 25.8 Å². The number of aliphatic hydroxyl groups is 1. The predicted octanol–water partition coefficient (Wildman–Crippen LogP) is 1.96. The number of ether oxygens (including phenoxy) is 3. The lowest BCUT2D eigenvalue weighted by Gasteiger charge is -2.18. The Balaban J connectivity index is 2.04. The predicted molar refractivity (Wildman–Crippen MR) is 81.2 cm³/mol. The SMILES string of the molecule is COc1cc(OC)c(CNCC2(CCO)CC2)c(OC)c1. The van der Waals surface area contributed by atoms with Crippen molar-refractivity contribution in [3.63, 3.8) is 0 Å². The molecule has 0 unspecified atom stereocenters. The molecule has 0 aliphatic heterocycles. The topological polar surface area (TPSA) is 60.0 Å². The Kier molecular flexibility index (Phi) is 5.31. The summed E-state index contributed by atoms with van der Waals surface area (Å²) in [6.07, 6.45) is 3.26. The van der Waals surface area contributed by atoms with Crippen molar-refractivity contribution in [2.24, 2.45) is 5.41 Å². The third-order valence-electron chi connectivity index (χ3n) is 4.22. The lowest BCUT2D eigenvalue weighted by Crippen LogP contribution is -2.24. The number of hydrogen-bond acceptors (Lipinski definition) is 5. The molecule has 2 N–H and O–H groups in total. The van der Waals surface area contributed by atoms with Crippen molar-refractivity contribution in [3.05, 3.63) is 17.7 Å². The van der Waals surface area contributed by atoms with Gasteiger partial charge in [-0.05, 0) is 24.7 Å². The van der Waals surface area contributed by atoms with Crippen LogP contribution in [0.1, 0.15) is 24.8 Å². The zero-order valence-electron chi connectivity index (χ0n) is 13.1. The molecule has 21 heavy (non-hydrogen) atoms. The summed E-state index contributed by atoms with van der Waals surface area (Å²) >= 11 is 0. The van der Waals surface area contributed by atoms with Crippen LogP contribution in [0, 0.1) is 5.41 Å². The molecule has 0 aromatic heterocycles. The van der Waals surface area contributed by atoms with Gasteiger partial charge in [0.05, 0.1) is 26.9 Å². The van der Waals surface area contributed by atoms with Crippen LogP contribution in [0.4, 0.5) is 0 Å². The molecule has 2 rings (SSSR count). The van der Waals surface area contributed by atoms with E-state index in [2.05, 4.69) is 5.32 Å². The van der Waals surface area contributed by atoms with E-state index in [4.69, 9.17) is 19.3 Å². The molecule has 5 nitrogen and oxygen atoms in total. The van der Waals surface area contributed by atoms with Crippen LogP contribution < -0.4 is 19.5 Å². The normalized spacial score (nSPS) is 15.6. The third kappa shape index (κ3) is 3.80. The lowest BCUT2D eigenvalue weighted by atomic mass is 10.0. The first-order chi connectivity index (χ1) is 10.2. The maximum absolute atomic E-state index is 9.10. The van der Waals surface area contributed by atoms with Crippen molar-refractivity contribution >= 4 is 0 Å². The number of benzene rings is 1. The molecule has 1 aromatic rings. The van der Waals surface area contributed by atoms with Crippen molar-refractivity contribution < 1.29 is 19.3 Å². The molecule has 0 radical (unpaired) electrons. The largest absolute Gasteiger partial charge is 0.496 e. The van der Waals surface area contributed by atoms with E-state index in [1.165, 1.54) is 12.8 Å². The van der Waals surface area contributed by atoms with Crippen molar-refractivity contribution in [2.75, 3.05) is 34.5 Å². The summed E-state index contributed by atoms with van der Waals surface area (Å²) in [4.78, 5) is 0. The van der Waals surface area contributed by atoms with Gasteiger partial charge in [-0.1, -0.05) is 0 Å². The van der Waals surface area contributed by atoms with E-state index in [-0.39, 0.29) is 6.61 Å². The smallest absolute Gasteiger partial charge is 0.130 e. The molecule has 0 heterocycles. The molecular formula is C16H25NO4. The van der Waals surface area contributed by atoms with Gasteiger partial charge in [-0.2, -0.15) is 0 Å². The molecule has 0 saturated heterocycles. The average Bonchev–Trinajstić information content (AvgIpc) is 3.27. The first kappa shape index (κ1) is 15.9. The summed E-state index contributed by atoms with van der Waals surface area (Å²) in [5.74, 6) is 2.22. The lowest BCUT2D eigenvalue weighted by molar-refractivity contribution is 0.245. The van der Waals surface area contributed by atoms with Crippen molar-refractivity contribution in [3.8, 4) is 17.2 Å². The highest BCUT2D eigenvalue weighted by atomic mass is 16.5. The molecule has 0 atom stereocenters. The van der Waals surface area contributed by atoms with Crippen LogP contribution in [0.15, 0.2) is 12.1 Å². The fraction of sp³-hybridized carbons (Fsp3) is 0.625. The first-order valence-electron chi connectivity index (χ1n) is 7.28. The van der Waals surface area contributed by atoms with Crippen LogP contribution in [0.5, 0.6) is 17.2 Å². The fourth-order valence-corrected chi connectivity index (χ4v) is 2.63. The number of rotatable bonds is 9. The maximum Gasteiger partial charge on any atom is 0.130 e. The highest BCUT2D eigenvalue weighted by Crippen LogP contribution is 2.48. The van der Waals surface area contributed by atoms with Crippen LogP contribution in [0.3, 0.4) is 0 Å². The van der Waals surface area contributed by atoms with Crippen molar-refractivity contribution in [1.82, 2.24) is 5.32 Å². The summed E-state index contributed by atoms with van der Waals surface area (Å²) in [7, 11) is 4.91. The average molecular weight is 295 g/mol. The van der Waals surface area contributed by atoms with Crippen LogP contribution in [-0.4, -0.2) is 39.6 Å². The second-order valence-corrected chi connectivity index (χ2v) is 5.59. The van der Waals surface area contributed by atoms with E-state index in [1.54, 1.807) is 21.3 Å². The molecule has 0 spiro atoms. The van der Waals surface area contributed by atoms with Gasteiger partial charge in [-0.25, -0.2) is 0 Å². The second kappa shape index (κ2) is 7.00. The van der Waals surface area contributed by atoms with E-state index < -0.39 is 0 Å². The summed E-state index contributed by atoms with van der Waals surface area (Å²) in [6.45, 7) is 1.84. The molecule has 0 bridgehead atoms. The zero-order valence-corrected chi connectivity index (χ0v) is 13.1. The second-order valence-electron chi connectivity index (χ2n) is 5.59. The minimum Gasteiger partial charge on any atom is -0.496 e. The number of nitrogens with one attached hydrogen (secondary N) is 1. The molecule has 118 valence electrons. The Bertz CT molecular complexity index is 446. The summed E-state index contributed by atoms with van der Waals surface area (Å²) in [5.41, 5.74) is 1.28. The minimum absolute atomic E-state index is 0.261. The van der Waals surface area contributed by atoms with Crippen LogP contribution >= 0.6 is 0 Å². The van der Waals surface area contributed by atoms with Gasteiger partial charge in [0.25, 0.3) is 0 Å². The number of hydrogen-bond donors (Lipinski definition) is 2. The van der Waals surface area contributed by atoms with Gasteiger partial charge in [-0.3, -0.25) is 0 Å². The first-order valence-corrected chi connectivity index (χ1v) is 7.28. The van der Waals surface area contributed by atoms with Crippen LogP contribution in [0.2, 0.25) is 0 Å². The van der Waals surface area contributed by atoms with Gasteiger partial charge in [0.2, 0.25) is 0 Å². The molecule has 1 aliphatic rings. The van der Waals surface area contributed by atoms with E-state index in [0.717, 1.165) is 30.0 Å². The Hall–Kier alpha value is -1.46. The molecule has 5 heteroatoms. The van der Waals surface area contributed by atoms with E-state index in [9.17, 15) is 0 Å². The Morgan fingerprint density at radius 2 is 1.71 bits per heavy atom. The van der Waals surface area contributed by atoms with Crippen LogP contribution in [-0.2, 0) is 6.54 Å². The minimum atomic E-state index is 0.261. The van der Waals surface area contributed by atoms with Gasteiger partial charge < -0.3 is 24.6 Å². The van der Waals surface area contributed by atoms with Gasteiger partial charge in [0.15, 0.2) is 0 Å². The van der Waals surface area contributed by atoms with E-state index >= 15 is 0 Å². The van der Waals surface area contributed by atoms with Gasteiger partial charge in [0.1, 0.15) is 17.2 Å². The molecule has 1 aliphatic carbocycles. The molecule has 1 aromatic carbocycles. The van der Waals surface area contributed by atoms with Crippen LogP contribution in [0.25, 0.3) is 0 Å². The summed E-state index contributed by atoms with van der Waals surface area (Å²) < 4.78 is 16.1. The fourth-order valence-electron chi connectivity index (χ4n) is 2.63. The number of aliphatic hydroxyl groups excluding tert-OH is 1. The Labute approximate surface area is 126 Å². The van der Waals surface area contributed by atoms with Gasteiger partial charge >= 0.3 is 0 Å². The van der Waals surface area contributed by atoms with Gasteiger partial charge in [-0.15, -0.1) is 0 Å². The summed E-state index contributed by atoms with van der Waals surface area (Å²) in [6, 6.07) is 3.72. The molecule has 1 fully saturated rings.